The van der Waals surface area contributed by atoms with Crippen molar-refractivity contribution >= 4 is 5.97 Å². The monoisotopic (exact) mass is 335 g/mol. The van der Waals surface area contributed by atoms with E-state index in [0.717, 1.165) is 19.3 Å². The van der Waals surface area contributed by atoms with Crippen LogP contribution in [0.2, 0.25) is 0 Å². The maximum Gasteiger partial charge on any atom is 0.364 e. The number of carbonyl (C=O) groups is 1. The van der Waals surface area contributed by atoms with Crippen LogP contribution in [0.5, 0.6) is 0 Å². The van der Waals surface area contributed by atoms with Crippen LogP contribution in [0.4, 0.5) is 0 Å². The Kier molecular flexibility index (Phi) is 6.32. The number of aliphatic carboxylic acids is 1. The highest BCUT2D eigenvalue weighted by Gasteiger charge is 2.59. The zero-order valence-corrected chi connectivity index (χ0v) is 13.1. The van der Waals surface area contributed by atoms with Crippen molar-refractivity contribution in [2.45, 2.75) is 62.7 Å². The maximum absolute atomic E-state index is 11.3. The van der Waals surface area contributed by atoms with Gasteiger partial charge in [0.15, 0.2) is 6.29 Å². The highest BCUT2D eigenvalue weighted by atomic mass is 16.8. The van der Waals surface area contributed by atoms with Gasteiger partial charge in [-0.3, -0.25) is 0 Å². The molecule has 2 aliphatic heterocycles. The molecule has 0 amide bonds. The van der Waals surface area contributed by atoms with Crippen molar-refractivity contribution in [2.75, 3.05) is 19.8 Å². The third-order valence-corrected chi connectivity index (χ3v) is 4.04. The van der Waals surface area contributed by atoms with E-state index in [9.17, 15) is 20.1 Å². The van der Waals surface area contributed by atoms with Crippen LogP contribution in [0.1, 0.15) is 26.2 Å². The van der Waals surface area contributed by atoms with Crippen LogP contribution in [-0.4, -0.2) is 77.5 Å². The van der Waals surface area contributed by atoms with Crippen LogP contribution in [-0.2, 0) is 23.7 Å². The summed E-state index contributed by atoms with van der Waals surface area (Å²) in [6, 6.07) is 0. The first-order chi connectivity index (χ1) is 10.9. The van der Waals surface area contributed by atoms with E-state index in [2.05, 4.69) is 0 Å². The number of ether oxygens (including phenoxy) is 4. The second-order valence-corrected chi connectivity index (χ2v) is 5.85. The Morgan fingerprint density at radius 3 is 2.57 bits per heavy atom. The van der Waals surface area contributed by atoms with Crippen molar-refractivity contribution in [3.63, 3.8) is 0 Å². The number of hydrogen-bond donors (Lipinski definition) is 4. The van der Waals surface area contributed by atoms with Gasteiger partial charge in [-0.25, -0.2) is 4.79 Å². The number of carboxylic acid groups (broad SMARTS) is 1. The minimum Gasteiger partial charge on any atom is -0.477 e. The van der Waals surface area contributed by atoms with Crippen molar-refractivity contribution in [1.29, 1.82) is 0 Å². The highest BCUT2D eigenvalue weighted by molar-refractivity contribution is 5.75. The molecule has 6 atom stereocenters. The Bertz CT molecular complexity index is 408. The normalized spacial score (nSPS) is 40.1. The molecule has 23 heavy (non-hydrogen) atoms. The van der Waals surface area contributed by atoms with Gasteiger partial charge in [0.05, 0.1) is 6.61 Å². The summed E-state index contributed by atoms with van der Waals surface area (Å²) < 4.78 is 21.9. The minimum atomic E-state index is -1.88. The van der Waals surface area contributed by atoms with Crippen LogP contribution in [0.3, 0.4) is 0 Å². The Labute approximate surface area is 134 Å². The Morgan fingerprint density at radius 1 is 1.26 bits per heavy atom. The largest absolute Gasteiger partial charge is 0.477 e. The molecular weight excluding hydrogens is 310 g/mol. The summed E-state index contributed by atoms with van der Waals surface area (Å²) in [6.07, 6.45) is -2.34. The average Bonchev–Trinajstić information content (AvgIpc) is 2.89. The van der Waals surface area contributed by atoms with E-state index in [1.54, 1.807) is 0 Å². The molecule has 2 heterocycles. The Balaban J connectivity index is 2.01. The standard InChI is InChI=1S/C14H25NO8/c1-14(13(18)19)22-10-9(17)8(7-16)21-12(11(10)23-14)20-6-4-2-3-5-15/h8-12,16-17H,2-7,15H2,1H3,(H,18,19)/t8-,9+,10+,11-,12+,14+/m1/s1. The van der Waals surface area contributed by atoms with Crippen molar-refractivity contribution < 1.29 is 39.1 Å². The predicted molar refractivity (Wildman–Crippen MR) is 76.4 cm³/mol. The molecule has 134 valence electrons. The fourth-order valence-electron chi connectivity index (χ4n) is 2.71. The van der Waals surface area contributed by atoms with Gasteiger partial charge in [0.2, 0.25) is 0 Å². The summed E-state index contributed by atoms with van der Waals surface area (Å²) in [4.78, 5) is 11.3. The van der Waals surface area contributed by atoms with Crippen molar-refractivity contribution in [1.82, 2.24) is 0 Å². The molecule has 0 aromatic rings. The molecule has 0 radical (unpaired) electrons. The van der Waals surface area contributed by atoms with Gasteiger partial charge in [0, 0.05) is 13.5 Å². The Hall–Kier alpha value is -0.810. The van der Waals surface area contributed by atoms with Gasteiger partial charge in [-0.1, -0.05) is 0 Å². The zero-order chi connectivity index (χ0) is 17.0. The van der Waals surface area contributed by atoms with Crippen LogP contribution in [0.25, 0.3) is 0 Å². The first-order valence-corrected chi connectivity index (χ1v) is 7.78. The van der Waals surface area contributed by atoms with Crippen molar-refractivity contribution in [3.8, 4) is 0 Å². The molecule has 9 heteroatoms. The highest BCUT2D eigenvalue weighted by Crippen LogP contribution is 2.38. The molecule has 0 spiro atoms. The van der Waals surface area contributed by atoms with E-state index in [1.807, 2.05) is 0 Å². The number of fused-ring (bicyclic) bond motifs is 1. The van der Waals surface area contributed by atoms with E-state index in [1.165, 1.54) is 6.92 Å². The molecule has 0 aliphatic carbocycles. The van der Waals surface area contributed by atoms with Gasteiger partial charge in [-0.05, 0) is 25.8 Å². The van der Waals surface area contributed by atoms with Crippen LogP contribution in [0.15, 0.2) is 0 Å². The lowest BCUT2D eigenvalue weighted by molar-refractivity contribution is -0.280. The number of rotatable bonds is 8. The molecule has 9 nitrogen and oxygen atoms in total. The van der Waals surface area contributed by atoms with Crippen molar-refractivity contribution in [3.05, 3.63) is 0 Å². The summed E-state index contributed by atoms with van der Waals surface area (Å²) in [5, 5.41) is 28.7. The van der Waals surface area contributed by atoms with Gasteiger partial charge in [-0.15, -0.1) is 0 Å². The van der Waals surface area contributed by atoms with Crippen LogP contribution < -0.4 is 5.73 Å². The third kappa shape index (κ3) is 4.00. The van der Waals surface area contributed by atoms with E-state index >= 15 is 0 Å². The van der Waals surface area contributed by atoms with Gasteiger partial charge < -0.3 is 40.0 Å². The van der Waals surface area contributed by atoms with Crippen molar-refractivity contribution in [2.24, 2.45) is 5.73 Å². The third-order valence-electron chi connectivity index (χ3n) is 4.04. The summed E-state index contributed by atoms with van der Waals surface area (Å²) >= 11 is 0. The quantitative estimate of drug-likeness (QED) is 0.402. The van der Waals surface area contributed by atoms with Crippen LogP contribution >= 0.6 is 0 Å². The molecule has 2 rings (SSSR count). The minimum absolute atomic E-state index is 0.370. The molecule has 2 aliphatic rings. The molecular formula is C14H25NO8. The molecule has 5 N–H and O–H groups in total. The number of carboxylic acids is 1. The van der Waals surface area contributed by atoms with Gasteiger partial charge >= 0.3 is 5.97 Å². The molecule has 2 fully saturated rings. The smallest absolute Gasteiger partial charge is 0.364 e. The first kappa shape index (κ1) is 18.5. The van der Waals surface area contributed by atoms with E-state index in [-0.39, 0.29) is 0 Å². The molecule has 0 aromatic carbocycles. The fraction of sp³-hybridized carbons (Fsp3) is 0.929. The lowest BCUT2D eigenvalue weighted by atomic mass is 9.99. The van der Waals surface area contributed by atoms with Gasteiger partial charge in [0.25, 0.3) is 5.79 Å². The second kappa shape index (κ2) is 7.84. The lowest BCUT2D eigenvalue weighted by Gasteiger charge is -2.39. The summed E-state index contributed by atoms with van der Waals surface area (Å²) in [5.74, 6) is -3.19. The zero-order valence-electron chi connectivity index (χ0n) is 13.1. The van der Waals surface area contributed by atoms with Gasteiger partial charge in [0.1, 0.15) is 24.4 Å². The molecule has 0 saturated carbocycles. The molecule has 0 bridgehead atoms. The van der Waals surface area contributed by atoms with Crippen LogP contribution in [0, 0.1) is 0 Å². The van der Waals surface area contributed by atoms with E-state index in [4.69, 9.17) is 24.7 Å². The number of hydrogen-bond acceptors (Lipinski definition) is 8. The van der Waals surface area contributed by atoms with E-state index < -0.39 is 49.1 Å². The second-order valence-electron chi connectivity index (χ2n) is 5.85. The summed E-state index contributed by atoms with van der Waals surface area (Å²) in [7, 11) is 0. The van der Waals surface area contributed by atoms with E-state index in [0.29, 0.717) is 13.2 Å². The predicted octanol–water partition coefficient (Wildman–Crippen LogP) is -1.21. The SMILES string of the molecule is C[C@@]1(C(=O)O)O[C@H]2[C@@H](OCCCCCN)O[C@H](CO)[C@H](O)[C@@H]2O1. The number of nitrogens with two attached hydrogens (primary N) is 1. The fourth-order valence-corrected chi connectivity index (χ4v) is 2.71. The molecule has 0 unspecified atom stereocenters. The lowest BCUT2D eigenvalue weighted by Crippen LogP contribution is -2.58. The first-order valence-electron chi connectivity index (χ1n) is 7.78. The summed E-state index contributed by atoms with van der Waals surface area (Å²) in [6.45, 7) is 1.80. The Morgan fingerprint density at radius 2 is 1.96 bits per heavy atom. The number of aliphatic hydroxyl groups is 2. The summed E-state index contributed by atoms with van der Waals surface area (Å²) in [5.41, 5.74) is 5.42. The maximum atomic E-state index is 11.3. The number of aliphatic hydroxyl groups excluding tert-OH is 2. The average molecular weight is 335 g/mol. The topological polar surface area (TPSA) is 141 Å². The van der Waals surface area contributed by atoms with Gasteiger partial charge in [-0.2, -0.15) is 0 Å². The molecule has 2 saturated heterocycles. The number of unbranched alkanes of at least 4 members (excludes halogenated alkanes) is 2. The molecule has 0 aromatic heterocycles.